The quantitative estimate of drug-likeness (QED) is 0.625. The summed E-state index contributed by atoms with van der Waals surface area (Å²) in [5.74, 6) is 0. The third-order valence-electron chi connectivity index (χ3n) is 4.39. The highest BCUT2D eigenvalue weighted by Gasteiger charge is 2.37. The van der Waals surface area contributed by atoms with Gasteiger partial charge in [-0.3, -0.25) is 0 Å². The van der Waals surface area contributed by atoms with Crippen molar-refractivity contribution in [2.75, 3.05) is 20.3 Å². The van der Waals surface area contributed by atoms with Crippen LogP contribution in [-0.2, 0) is 15.1 Å². The molecule has 0 aliphatic heterocycles. The van der Waals surface area contributed by atoms with Gasteiger partial charge in [-0.05, 0) is 16.7 Å². The van der Waals surface area contributed by atoms with E-state index in [-0.39, 0.29) is 13.2 Å². The molecule has 0 bridgehead atoms. The van der Waals surface area contributed by atoms with Gasteiger partial charge in [0.2, 0.25) is 0 Å². The van der Waals surface area contributed by atoms with Crippen LogP contribution in [0.15, 0.2) is 91.0 Å². The van der Waals surface area contributed by atoms with Crippen LogP contribution in [0.5, 0.6) is 0 Å². The number of ether oxygens (including phenoxy) is 2. The van der Waals surface area contributed by atoms with Crippen molar-refractivity contribution >= 4 is 0 Å². The maximum absolute atomic E-state index is 10.2. The molecule has 0 saturated carbocycles. The molecule has 3 heteroatoms. The second-order valence-corrected chi connectivity index (χ2v) is 6.20. The van der Waals surface area contributed by atoms with Gasteiger partial charge in [0, 0.05) is 7.11 Å². The standard InChI is InChI=1S/C23H24O3/c1-25-17-22(24)18-26-23(19-11-5-2-6-12-19,20-13-7-3-8-14-20)21-15-9-4-10-16-21/h2-16,22,24H,17-18H2,1H3. The van der Waals surface area contributed by atoms with Gasteiger partial charge in [-0.1, -0.05) is 91.0 Å². The van der Waals surface area contributed by atoms with Crippen molar-refractivity contribution in [3.05, 3.63) is 108 Å². The lowest BCUT2D eigenvalue weighted by molar-refractivity contribution is -0.0579. The van der Waals surface area contributed by atoms with Crippen LogP contribution in [0, 0.1) is 0 Å². The number of benzene rings is 3. The van der Waals surface area contributed by atoms with Crippen molar-refractivity contribution in [3.8, 4) is 0 Å². The zero-order valence-corrected chi connectivity index (χ0v) is 14.9. The molecule has 3 rings (SSSR count). The predicted octanol–water partition coefficient (Wildman–Crippen LogP) is 4.00. The van der Waals surface area contributed by atoms with E-state index in [1.54, 1.807) is 7.11 Å². The molecule has 3 nitrogen and oxygen atoms in total. The van der Waals surface area contributed by atoms with E-state index in [2.05, 4.69) is 36.4 Å². The Morgan fingerprint density at radius 2 is 1.08 bits per heavy atom. The summed E-state index contributed by atoms with van der Waals surface area (Å²) < 4.78 is 11.5. The van der Waals surface area contributed by atoms with Crippen molar-refractivity contribution in [1.82, 2.24) is 0 Å². The molecule has 0 heterocycles. The summed E-state index contributed by atoms with van der Waals surface area (Å²) in [5, 5.41) is 10.2. The summed E-state index contributed by atoms with van der Waals surface area (Å²) in [6, 6.07) is 30.3. The summed E-state index contributed by atoms with van der Waals surface area (Å²) in [7, 11) is 1.57. The van der Waals surface area contributed by atoms with Gasteiger partial charge in [0.15, 0.2) is 0 Å². The van der Waals surface area contributed by atoms with E-state index in [1.807, 2.05) is 54.6 Å². The summed E-state index contributed by atoms with van der Waals surface area (Å²) in [6.45, 7) is 0.390. The van der Waals surface area contributed by atoms with Crippen molar-refractivity contribution < 1.29 is 14.6 Å². The Bertz CT molecular complexity index is 676. The van der Waals surface area contributed by atoms with Gasteiger partial charge in [0.25, 0.3) is 0 Å². The largest absolute Gasteiger partial charge is 0.388 e. The molecule has 0 spiro atoms. The van der Waals surface area contributed by atoms with Gasteiger partial charge in [0.1, 0.15) is 11.7 Å². The summed E-state index contributed by atoms with van der Waals surface area (Å²) in [4.78, 5) is 0. The smallest absolute Gasteiger partial charge is 0.143 e. The second-order valence-electron chi connectivity index (χ2n) is 6.20. The number of methoxy groups -OCH3 is 1. The first kappa shape index (κ1) is 18.3. The Labute approximate surface area is 154 Å². The SMILES string of the molecule is COCC(O)COC(c1ccccc1)(c1ccccc1)c1ccccc1. The minimum atomic E-state index is -0.807. The zero-order valence-electron chi connectivity index (χ0n) is 14.9. The summed E-state index contributed by atoms with van der Waals surface area (Å²) >= 11 is 0. The lowest BCUT2D eigenvalue weighted by Gasteiger charge is -2.36. The highest BCUT2D eigenvalue weighted by molar-refractivity contribution is 5.47. The minimum absolute atomic E-state index is 0.159. The third kappa shape index (κ3) is 3.86. The lowest BCUT2D eigenvalue weighted by atomic mass is 9.80. The fourth-order valence-corrected chi connectivity index (χ4v) is 3.23. The number of rotatable bonds is 8. The Morgan fingerprint density at radius 3 is 1.42 bits per heavy atom. The Hall–Kier alpha value is -2.46. The molecule has 26 heavy (non-hydrogen) atoms. The topological polar surface area (TPSA) is 38.7 Å². The average molecular weight is 348 g/mol. The van der Waals surface area contributed by atoms with E-state index in [1.165, 1.54) is 0 Å². The summed E-state index contributed by atoms with van der Waals surface area (Å²) in [6.07, 6.45) is -0.699. The molecule has 0 fully saturated rings. The lowest BCUT2D eigenvalue weighted by Crippen LogP contribution is -2.36. The number of aliphatic hydroxyl groups excluding tert-OH is 1. The molecule has 1 unspecified atom stereocenters. The summed E-state index contributed by atoms with van der Waals surface area (Å²) in [5.41, 5.74) is 2.24. The van der Waals surface area contributed by atoms with Crippen molar-refractivity contribution in [2.45, 2.75) is 11.7 Å². The second kappa shape index (κ2) is 8.77. The van der Waals surface area contributed by atoms with E-state index >= 15 is 0 Å². The number of hydrogen-bond donors (Lipinski definition) is 1. The normalized spacial score (nSPS) is 12.7. The van der Waals surface area contributed by atoms with Gasteiger partial charge in [-0.15, -0.1) is 0 Å². The molecule has 0 radical (unpaired) electrons. The highest BCUT2D eigenvalue weighted by atomic mass is 16.5. The van der Waals surface area contributed by atoms with Gasteiger partial charge < -0.3 is 14.6 Å². The van der Waals surface area contributed by atoms with Crippen molar-refractivity contribution in [3.63, 3.8) is 0 Å². The van der Waals surface area contributed by atoms with Gasteiger partial charge >= 0.3 is 0 Å². The van der Waals surface area contributed by atoms with Crippen molar-refractivity contribution in [2.24, 2.45) is 0 Å². The maximum atomic E-state index is 10.2. The monoisotopic (exact) mass is 348 g/mol. The fraction of sp³-hybridized carbons (Fsp3) is 0.217. The zero-order chi connectivity index (χ0) is 18.2. The molecule has 0 amide bonds. The van der Waals surface area contributed by atoms with Gasteiger partial charge in [-0.25, -0.2) is 0 Å². The van der Waals surface area contributed by atoms with E-state index in [0.717, 1.165) is 16.7 Å². The molecular formula is C23H24O3. The number of aliphatic hydroxyl groups is 1. The predicted molar refractivity (Wildman–Crippen MR) is 103 cm³/mol. The van der Waals surface area contributed by atoms with E-state index in [4.69, 9.17) is 9.47 Å². The van der Waals surface area contributed by atoms with Crippen LogP contribution in [-0.4, -0.2) is 31.5 Å². The van der Waals surface area contributed by atoms with Gasteiger partial charge in [0.05, 0.1) is 13.2 Å². The minimum Gasteiger partial charge on any atom is -0.388 e. The van der Waals surface area contributed by atoms with E-state index in [9.17, 15) is 5.11 Å². The molecule has 3 aromatic carbocycles. The molecule has 0 aliphatic rings. The van der Waals surface area contributed by atoms with Crippen LogP contribution >= 0.6 is 0 Å². The van der Waals surface area contributed by atoms with Crippen LogP contribution in [0.25, 0.3) is 0 Å². The van der Waals surface area contributed by atoms with Crippen LogP contribution in [0.4, 0.5) is 0 Å². The first-order chi connectivity index (χ1) is 12.8. The third-order valence-corrected chi connectivity index (χ3v) is 4.39. The molecule has 0 saturated heterocycles. The van der Waals surface area contributed by atoms with E-state index in [0.29, 0.717) is 0 Å². The Morgan fingerprint density at radius 1 is 0.692 bits per heavy atom. The Kier molecular flexibility index (Phi) is 6.18. The van der Waals surface area contributed by atoms with Crippen molar-refractivity contribution in [1.29, 1.82) is 0 Å². The molecule has 1 atom stereocenters. The molecule has 0 aliphatic carbocycles. The fourth-order valence-electron chi connectivity index (χ4n) is 3.23. The van der Waals surface area contributed by atoms with Gasteiger partial charge in [-0.2, -0.15) is 0 Å². The van der Waals surface area contributed by atoms with Crippen LogP contribution in [0.1, 0.15) is 16.7 Å². The molecule has 0 aromatic heterocycles. The molecular weight excluding hydrogens is 324 g/mol. The van der Waals surface area contributed by atoms with E-state index < -0.39 is 11.7 Å². The maximum Gasteiger partial charge on any atom is 0.143 e. The average Bonchev–Trinajstić information content (AvgIpc) is 2.71. The Balaban J connectivity index is 2.15. The first-order valence-electron chi connectivity index (χ1n) is 8.75. The van der Waals surface area contributed by atoms with Crippen LogP contribution < -0.4 is 0 Å². The molecule has 134 valence electrons. The molecule has 3 aromatic rings. The van der Waals surface area contributed by atoms with Crippen LogP contribution in [0.3, 0.4) is 0 Å². The molecule has 1 N–H and O–H groups in total. The first-order valence-corrected chi connectivity index (χ1v) is 8.75. The number of hydrogen-bond acceptors (Lipinski definition) is 3. The highest BCUT2D eigenvalue weighted by Crippen LogP contribution is 2.40. The van der Waals surface area contributed by atoms with Crippen LogP contribution in [0.2, 0.25) is 0 Å².